The highest BCUT2D eigenvalue weighted by Crippen LogP contribution is 2.26. The summed E-state index contributed by atoms with van der Waals surface area (Å²) in [6.07, 6.45) is 4.32. The Bertz CT molecular complexity index is 1570. The van der Waals surface area contributed by atoms with Gasteiger partial charge in [-0.15, -0.1) is 0 Å². The van der Waals surface area contributed by atoms with Gasteiger partial charge < -0.3 is 14.6 Å². The van der Waals surface area contributed by atoms with E-state index in [0.29, 0.717) is 25.5 Å². The van der Waals surface area contributed by atoms with Crippen LogP contribution in [0.4, 0.5) is 0 Å². The Morgan fingerprint density at radius 2 is 1.52 bits per heavy atom. The Hall–Kier alpha value is -4.38. The van der Waals surface area contributed by atoms with Crippen LogP contribution in [-0.2, 0) is 24.2 Å². The molecule has 42 heavy (non-hydrogen) atoms. The van der Waals surface area contributed by atoms with E-state index in [0.717, 1.165) is 66.0 Å². The van der Waals surface area contributed by atoms with Gasteiger partial charge in [0.05, 0.1) is 24.0 Å². The van der Waals surface area contributed by atoms with Gasteiger partial charge >= 0.3 is 0 Å². The fraction of sp³-hybridized carbons (Fsp3) is 0.297. The molecular weight excluding hydrogens is 518 g/mol. The van der Waals surface area contributed by atoms with E-state index in [2.05, 4.69) is 84.4 Å². The van der Waals surface area contributed by atoms with Crippen molar-refractivity contribution >= 4 is 16.9 Å². The molecule has 1 aromatic heterocycles. The number of hydrogen-bond donors (Lipinski definition) is 1. The number of para-hydroxylation sites is 3. The molecule has 0 unspecified atom stereocenters. The maximum atomic E-state index is 12.5. The molecule has 5 nitrogen and oxygen atoms in total. The number of fused-ring (bicyclic) bond motifs is 1. The third-order valence-electron chi connectivity index (χ3n) is 7.67. The average molecular weight is 560 g/mol. The van der Waals surface area contributed by atoms with Crippen molar-refractivity contribution in [1.29, 1.82) is 0 Å². The Balaban J connectivity index is 1.06. The summed E-state index contributed by atoms with van der Waals surface area (Å²) in [5.74, 6) is 2.55. The summed E-state index contributed by atoms with van der Waals surface area (Å²) in [4.78, 5) is 17.4. The van der Waals surface area contributed by atoms with Crippen molar-refractivity contribution in [2.45, 2.75) is 58.4 Å². The maximum Gasteiger partial charge on any atom is 0.224 e. The molecule has 0 radical (unpaired) electrons. The molecule has 1 amide bonds. The molecule has 0 aliphatic heterocycles. The second-order valence-corrected chi connectivity index (χ2v) is 11.1. The van der Waals surface area contributed by atoms with E-state index >= 15 is 0 Å². The molecule has 0 fully saturated rings. The number of ether oxygens (including phenoxy) is 1. The van der Waals surface area contributed by atoms with Crippen LogP contribution in [0.15, 0.2) is 103 Å². The fourth-order valence-corrected chi connectivity index (χ4v) is 5.41. The van der Waals surface area contributed by atoms with Crippen LogP contribution >= 0.6 is 0 Å². The number of aromatic nitrogens is 2. The lowest BCUT2D eigenvalue weighted by Gasteiger charge is -2.15. The van der Waals surface area contributed by atoms with Crippen LogP contribution in [-0.4, -0.2) is 28.6 Å². The quantitative estimate of drug-likeness (QED) is 0.140. The summed E-state index contributed by atoms with van der Waals surface area (Å²) in [7, 11) is 0. The van der Waals surface area contributed by atoms with E-state index in [9.17, 15) is 4.79 Å². The highest BCUT2D eigenvalue weighted by atomic mass is 16.5. The molecule has 0 bridgehead atoms. The third-order valence-corrected chi connectivity index (χ3v) is 7.67. The second kappa shape index (κ2) is 14.5. The first-order chi connectivity index (χ1) is 20.6. The molecule has 0 aliphatic rings. The first kappa shape index (κ1) is 29.1. The maximum absolute atomic E-state index is 12.5. The number of imidazole rings is 1. The summed E-state index contributed by atoms with van der Waals surface area (Å²) in [6, 6.07) is 35.2. The molecule has 5 aromatic rings. The lowest BCUT2D eigenvalue weighted by molar-refractivity contribution is -0.120. The minimum absolute atomic E-state index is 0.0725. The summed E-state index contributed by atoms with van der Waals surface area (Å²) in [5.41, 5.74) is 6.79. The molecule has 0 spiro atoms. The number of benzene rings is 4. The van der Waals surface area contributed by atoms with Gasteiger partial charge in [-0.3, -0.25) is 4.79 Å². The monoisotopic (exact) mass is 559 g/mol. The molecule has 216 valence electrons. The minimum Gasteiger partial charge on any atom is -0.491 e. The van der Waals surface area contributed by atoms with E-state index in [1.807, 2.05) is 42.5 Å². The number of carbonyl (C=O) groups excluding carboxylic acids is 1. The number of hydrogen-bond acceptors (Lipinski definition) is 3. The van der Waals surface area contributed by atoms with Gasteiger partial charge in [-0.2, -0.15) is 0 Å². The van der Waals surface area contributed by atoms with Crippen molar-refractivity contribution < 1.29 is 9.53 Å². The van der Waals surface area contributed by atoms with Crippen molar-refractivity contribution in [2.75, 3.05) is 13.2 Å². The predicted molar refractivity (Wildman–Crippen MR) is 172 cm³/mol. The summed E-state index contributed by atoms with van der Waals surface area (Å²) >= 11 is 0. The molecule has 1 heterocycles. The first-order valence-electron chi connectivity index (χ1n) is 15.2. The lowest BCUT2D eigenvalue weighted by Crippen LogP contribution is -2.26. The number of amides is 1. The largest absolute Gasteiger partial charge is 0.491 e. The number of nitrogens with zero attached hydrogens (tertiary/aromatic N) is 2. The van der Waals surface area contributed by atoms with Crippen LogP contribution in [0.2, 0.25) is 0 Å². The van der Waals surface area contributed by atoms with E-state index in [-0.39, 0.29) is 5.91 Å². The van der Waals surface area contributed by atoms with Gasteiger partial charge in [-0.05, 0) is 59.2 Å². The zero-order valence-electron chi connectivity index (χ0n) is 24.8. The molecule has 4 aromatic carbocycles. The zero-order valence-corrected chi connectivity index (χ0v) is 24.8. The Morgan fingerprint density at radius 3 is 2.33 bits per heavy atom. The minimum atomic E-state index is 0.0725. The van der Waals surface area contributed by atoms with Gasteiger partial charge in [-0.1, -0.05) is 105 Å². The SMILES string of the molecule is CC(C)c1ccccc1OCCn1c(CCCCCNC(=O)Cc2ccc(-c3ccccc3)cc2)nc2ccccc21. The van der Waals surface area contributed by atoms with Crippen molar-refractivity contribution in [3.63, 3.8) is 0 Å². The molecule has 5 heteroatoms. The lowest BCUT2D eigenvalue weighted by atomic mass is 10.0. The van der Waals surface area contributed by atoms with E-state index < -0.39 is 0 Å². The summed E-state index contributed by atoms with van der Waals surface area (Å²) < 4.78 is 8.54. The van der Waals surface area contributed by atoms with E-state index in [4.69, 9.17) is 9.72 Å². The Morgan fingerprint density at radius 1 is 0.810 bits per heavy atom. The normalized spacial score (nSPS) is 11.2. The smallest absolute Gasteiger partial charge is 0.224 e. The highest BCUT2D eigenvalue weighted by Gasteiger charge is 2.12. The molecular formula is C37H41N3O2. The van der Waals surface area contributed by atoms with Crippen LogP contribution in [0, 0.1) is 0 Å². The van der Waals surface area contributed by atoms with Crippen LogP contribution in [0.5, 0.6) is 5.75 Å². The average Bonchev–Trinajstić information content (AvgIpc) is 3.37. The van der Waals surface area contributed by atoms with Crippen molar-refractivity contribution in [1.82, 2.24) is 14.9 Å². The Labute approximate surface area is 249 Å². The number of carbonyl (C=O) groups is 1. The standard InChI is InChI=1S/C37H41N3O2/c1-28(2)32-15-8-11-18-35(32)42-26-25-40-34-17-10-9-16-33(34)39-36(40)19-7-4-12-24-38-37(41)27-29-20-22-31(23-21-29)30-13-5-3-6-14-30/h3,5-6,8-11,13-18,20-23,28H,4,7,12,19,24-27H2,1-2H3,(H,38,41). The second-order valence-electron chi connectivity index (χ2n) is 11.1. The predicted octanol–water partition coefficient (Wildman–Crippen LogP) is 7.98. The highest BCUT2D eigenvalue weighted by molar-refractivity contribution is 5.79. The molecule has 5 rings (SSSR count). The van der Waals surface area contributed by atoms with Crippen LogP contribution in [0.3, 0.4) is 0 Å². The summed E-state index contributed by atoms with van der Waals surface area (Å²) in [5, 5.41) is 3.09. The number of rotatable bonds is 14. The van der Waals surface area contributed by atoms with Crippen LogP contribution < -0.4 is 10.1 Å². The molecule has 0 aliphatic carbocycles. The van der Waals surface area contributed by atoms with Gasteiger partial charge in [-0.25, -0.2) is 4.98 Å². The third kappa shape index (κ3) is 7.67. The van der Waals surface area contributed by atoms with Crippen molar-refractivity contribution in [3.05, 3.63) is 120 Å². The molecule has 1 N–H and O–H groups in total. The number of aryl methyl sites for hydroxylation is 1. The van der Waals surface area contributed by atoms with Crippen LogP contribution in [0.1, 0.15) is 56.0 Å². The summed E-state index contributed by atoms with van der Waals surface area (Å²) in [6.45, 7) is 6.43. The number of unbranched alkanes of at least 4 members (excludes halogenated alkanes) is 2. The topological polar surface area (TPSA) is 56.1 Å². The van der Waals surface area contributed by atoms with Crippen molar-refractivity contribution in [2.24, 2.45) is 0 Å². The van der Waals surface area contributed by atoms with E-state index in [1.165, 1.54) is 11.1 Å². The van der Waals surface area contributed by atoms with Gasteiger partial charge in [0.2, 0.25) is 5.91 Å². The molecule has 0 saturated heterocycles. The van der Waals surface area contributed by atoms with Gasteiger partial charge in [0.1, 0.15) is 18.2 Å². The van der Waals surface area contributed by atoms with Gasteiger partial charge in [0.25, 0.3) is 0 Å². The zero-order chi connectivity index (χ0) is 29.1. The fourth-order valence-electron chi connectivity index (χ4n) is 5.41. The first-order valence-corrected chi connectivity index (χ1v) is 15.2. The van der Waals surface area contributed by atoms with Gasteiger partial charge in [0, 0.05) is 13.0 Å². The Kier molecular flexibility index (Phi) is 10.1. The van der Waals surface area contributed by atoms with E-state index in [1.54, 1.807) is 0 Å². The van der Waals surface area contributed by atoms with Crippen molar-refractivity contribution in [3.8, 4) is 16.9 Å². The van der Waals surface area contributed by atoms with Gasteiger partial charge in [0.15, 0.2) is 0 Å². The van der Waals surface area contributed by atoms with Crippen LogP contribution in [0.25, 0.3) is 22.2 Å². The number of nitrogens with one attached hydrogen (secondary N) is 1. The molecule has 0 atom stereocenters. The molecule has 0 saturated carbocycles.